The Morgan fingerprint density at radius 2 is 1.83 bits per heavy atom. The van der Waals surface area contributed by atoms with Crippen LogP contribution in [0.1, 0.15) is 19.3 Å². The van der Waals surface area contributed by atoms with Crippen LogP contribution in [0.15, 0.2) is 60.8 Å². The van der Waals surface area contributed by atoms with Crippen LogP contribution in [0.2, 0.25) is 0 Å². The van der Waals surface area contributed by atoms with Gasteiger partial charge in [-0.1, -0.05) is 30.8 Å². The van der Waals surface area contributed by atoms with Crippen molar-refractivity contribution in [3.8, 4) is 17.1 Å². The van der Waals surface area contributed by atoms with E-state index < -0.39 is 0 Å². The topological polar surface area (TPSA) is 73.3 Å². The molecule has 0 radical (unpaired) electrons. The van der Waals surface area contributed by atoms with Crippen molar-refractivity contribution in [2.24, 2.45) is 0 Å². The van der Waals surface area contributed by atoms with E-state index in [2.05, 4.69) is 27.1 Å². The third-order valence-electron chi connectivity index (χ3n) is 6.13. The maximum absolute atomic E-state index is 10.3. The summed E-state index contributed by atoms with van der Waals surface area (Å²) < 4.78 is 0. The van der Waals surface area contributed by atoms with E-state index in [9.17, 15) is 5.11 Å². The first kappa shape index (κ1) is 18.9. The van der Waals surface area contributed by atoms with E-state index in [0.717, 1.165) is 42.8 Å². The van der Waals surface area contributed by atoms with Gasteiger partial charge in [0.25, 0.3) is 0 Å². The highest BCUT2D eigenvalue weighted by Gasteiger charge is 2.30. The van der Waals surface area contributed by atoms with Crippen LogP contribution in [0.4, 0.5) is 5.82 Å². The fourth-order valence-corrected chi connectivity index (χ4v) is 4.49. The molecule has 0 amide bonds. The summed E-state index contributed by atoms with van der Waals surface area (Å²) >= 11 is 0. The van der Waals surface area contributed by atoms with Gasteiger partial charge in [-0.25, -0.2) is 9.97 Å². The van der Waals surface area contributed by atoms with Gasteiger partial charge in [0.2, 0.25) is 0 Å². The number of aromatic hydroxyl groups is 1. The van der Waals surface area contributed by atoms with Gasteiger partial charge in [-0.15, -0.1) is 0 Å². The predicted octanol–water partition coefficient (Wildman–Crippen LogP) is 3.75. The molecular formula is C24H27N5O. The number of aromatic nitrogens is 2. The van der Waals surface area contributed by atoms with Gasteiger partial charge < -0.3 is 20.6 Å². The summed E-state index contributed by atoms with van der Waals surface area (Å²) in [5.41, 5.74) is 2.70. The molecule has 6 heteroatoms. The fourth-order valence-electron chi connectivity index (χ4n) is 4.49. The molecule has 2 aliphatic heterocycles. The van der Waals surface area contributed by atoms with Crippen LogP contribution in [0.3, 0.4) is 0 Å². The lowest BCUT2D eigenvalue weighted by molar-refractivity contribution is 0.383. The van der Waals surface area contributed by atoms with Crippen molar-refractivity contribution in [1.29, 1.82) is 0 Å². The molecule has 0 saturated carbocycles. The molecule has 2 atom stereocenters. The Kier molecular flexibility index (Phi) is 5.01. The van der Waals surface area contributed by atoms with Gasteiger partial charge in [-0.3, -0.25) is 0 Å². The average molecular weight is 402 g/mol. The van der Waals surface area contributed by atoms with Crippen molar-refractivity contribution in [2.75, 3.05) is 25.0 Å². The number of nitrogens with zero attached hydrogens (tertiary/aromatic N) is 3. The molecule has 5 rings (SSSR count). The number of fused-ring (bicyclic) bond motifs is 1. The van der Waals surface area contributed by atoms with Gasteiger partial charge in [0, 0.05) is 42.8 Å². The third-order valence-corrected chi connectivity index (χ3v) is 6.13. The molecule has 1 aromatic heterocycles. The first-order chi connectivity index (χ1) is 14.7. The van der Waals surface area contributed by atoms with Crippen LogP contribution in [0.25, 0.3) is 22.3 Å². The Bertz CT molecular complexity index is 1080. The fraction of sp³-hybridized carbons (Fsp3) is 0.333. The van der Waals surface area contributed by atoms with Crippen molar-refractivity contribution < 1.29 is 5.11 Å². The molecule has 2 saturated heterocycles. The number of benzene rings is 2. The lowest BCUT2D eigenvalue weighted by atomic mass is 10.1. The summed E-state index contributed by atoms with van der Waals surface area (Å²) in [6.07, 6.45) is 3.49. The Morgan fingerprint density at radius 3 is 2.67 bits per heavy atom. The average Bonchev–Trinajstić information content (AvgIpc) is 3.46. The molecule has 2 aliphatic rings. The highest BCUT2D eigenvalue weighted by Crippen LogP contribution is 2.31. The van der Waals surface area contributed by atoms with Crippen LogP contribution in [0.5, 0.6) is 5.75 Å². The molecule has 154 valence electrons. The number of rotatable bonds is 5. The largest absolute Gasteiger partial charge is 0.507 e. The zero-order valence-corrected chi connectivity index (χ0v) is 17.0. The van der Waals surface area contributed by atoms with Crippen molar-refractivity contribution >= 4 is 16.7 Å². The van der Waals surface area contributed by atoms with Crippen LogP contribution in [-0.2, 0) is 0 Å². The molecule has 2 fully saturated rings. The smallest absolute Gasteiger partial charge is 0.165 e. The summed E-state index contributed by atoms with van der Waals surface area (Å²) in [6.45, 7) is 7.46. The predicted molar refractivity (Wildman–Crippen MR) is 120 cm³/mol. The standard InChI is InChI=1S/C24H27N5O/c1-16(29-12-6-7-13-29)21-14-17(15-25-21)26-23-18-8-2-4-10-20(18)27-24(28-23)19-9-3-5-11-22(19)30/h2-5,8-11,17,21,25,30H,1,6-7,12-15H2,(H,26,27,28)/t17-,21+/m0/s1. The Balaban J connectivity index is 1.41. The summed E-state index contributed by atoms with van der Waals surface area (Å²) in [5.74, 6) is 1.51. The Morgan fingerprint density at radius 1 is 1.07 bits per heavy atom. The van der Waals surface area contributed by atoms with Gasteiger partial charge in [-0.2, -0.15) is 0 Å². The minimum Gasteiger partial charge on any atom is -0.507 e. The first-order valence-electron chi connectivity index (χ1n) is 10.7. The third kappa shape index (κ3) is 3.59. The zero-order valence-electron chi connectivity index (χ0n) is 17.0. The molecule has 2 aromatic carbocycles. The second-order valence-electron chi connectivity index (χ2n) is 8.15. The van der Waals surface area contributed by atoms with E-state index >= 15 is 0 Å². The highest BCUT2D eigenvalue weighted by molar-refractivity contribution is 5.91. The van der Waals surface area contributed by atoms with E-state index in [-0.39, 0.29) is 11.8 Å². The number of para-hydroxylation sites is 2. The van der Waals surface area contributed by atoms with Gasteiger partial charge in [0.1, 0.15) is 11.6 Å². The van der Waals surface area contributed by atoms with Crippen LogP contribution in [-0.4, -0.2) is 51.7 Å². The minimum absolute atomic E-state index is 0.184. The number of anilines is 1. The van der Waals surface area contributed by atoms with Crippen molar-refractivity contribution in [3.63, 3.8) is 0 Å². The molecule has 3 heterocycles. The van der Waals surface area contributed by atoms with Crippen LogP contribution in [0, 0.1) is 0 Å². The van der Waals surface area contributed by atoms with Crippen LogP contribution < -0.4 is 10.6 Å². The highest BCUT2D eigenvalue weighted by atomic mass is 16.3. The first-order valence-corrected chi connectivity index (χ1v) is 10.7. The van der Waals surface area contributed by atoms with Gasteiger partial charge in [0.05, 0.1) is 11.1 Å². The molecule has 0 unspecified atom stereocenters. The summed E-state index contributed by atoms with van der Waals surface area (Å²) in [6, 6.07) is 15.7. The van der Waals surface area contributed by atoms with E-state index in [1.54, 1.807) is 12.1 Å². The monoisotopic (exact) mass is 401 g/mol. The molecular weight excluding hydrogens is 374 g/mol. The number of hydrogen-bond acceptors (Lipinski definition) is 6. The van der Waals surface area contributed by atoms with E-state index in [0.29, 0.717) is 17.4 Å². The summed E-state index contributed by atoms with van der Waals surface area (Å²) in [4.78, 5) is 11.9. The zero-order chi connectivity index (χ0) is 20.5. The Hall–Kier alpha value is -3.12. The molecule has 3 N–H and O–H groups in total. The molecule has 6 nitrogen and oxygen atoms in total. The molecule has 30 heavy (non-hydrogen) atoms. The van der Waals surface area contributed by atoms with E-state index in [1.807, 2.05) is 36.4 Å². The SMILES string of the molecule is C=C([C@H]1C[C@H](Nc2nc(-c3ccccc3O)nc3ccccc23)CN1)N1CCCC1. The Labute approximate surface area is 176 Å². The van der Waals surface area contributed by atoms with Gasteiger partial charge in [-0.05, 0) is 43.5 Å². The second kappa shape index (κ2) is 7.95. The molecule has 3 aromatic rings. The number of likely N-dealkylation sites (tertiary alicyclic amines) is 1. The van der Waals surface area contributed by atoms with Crippen molar-refractivity contribution in [3.05, 3.63) is 60.8 Å². The number of hydrogen-bond donors (Lipinski definition) is 3. The van der Waals surface area contributed by atoms with Crippen LogP contribution >= 0.6 is 0 Å². The summed E-state index contributed by atoms with van der Waals surface area (Å²) in [7, 11) is 0. The lowest BCUT2D eigenvalue weighted by Gasteiger charge is -2.25. The normalized spacial score (nSPS) is 21.3. The maximum atomic E-state index is 10.3. The molecule has 0 bridgehead atoms. The van der Waals surface area contributed by atoms with Crippen molar-refractivity contribution in [2.45, 2.75) is 31.3 Å². The molecule has 0 spiro atoms. The van der Waals surface area contributed by atoms with E-state index in [1.165, 1.54) is 18.5 Å². The minimum atomic E-state index is 0.184. The van der Waals surface area contributed by atoms with E-state index in [4.69, 9.17) is 4.98 Å². The summed E-state index contributed by atoms with van der Waals surface area (Å²) in [5, 5.41) is 18.5. The number of nitrogens with one attached hydrogen (secondary N) is 2. The number of phenols is 1. The van der Waals surface area contributed by atoms with Gasteiger partial charge in [0.15, 0.2) is 5.82 Å². The second-order valence-corrected chi connectivity index (χ2v) is 8.15. The quantitative estimate of drug-likeness (QED) is 0.605. The van der Waals surface area contributed by atoms with Crippen molar-refractivity contribution in [1.82, 2.24) is 20.2 Å². The number of phenolic OH excluding ortho intramolecular Hbond substituents is 1. The lowest BCUT2D eigenvalue weighted by Crippen LogP contribution is -2.32. The maximum Gasteiger partial charge on any atom is 0.165 e. The molecule has 0 aliphatic carbocycles. The van der Waals surface area contributed by atoms with Gasteiger partial charge >= 0.3 is 0 Å².